The van der Waals surface area contributed by atoms with E-state index < -0.39 is 5.97 Å². The highest BCUT2D eigenvalue weighted by Gasteiger charge is 2.14. The fraction of sp³-hybridized carbons (Fsp3) is 0.286. The lowest BCUT2D eigenvalue weighted by Gasteiger charge is -1.97. The van der Waals surface area contributed by atoms with E-state index in [4.69, 9.17) is 5.11 Å². The molecule has 0 spiro atoms. The molecule has 1 amide bonds. The van der Waals surface area contributed by atoms with Crippen LogP contribution in [0.15, 0.2) is 10.8 Å². The van der Waals surface area contributed by atoms with Gasteiger partial charge < -0.3 is 14.9 Å². The molecule has 6 heteroatoms. The molecule has 0 radical (unpaired) electrons. The molecule has 0 aliphatic carbocycles. The summed E-state index contributed by atoms with van der Waals surface area (Å²) in [6.07, 6.45) is 1.03. The number of rotatable bonds is 3. The van der Waals surface area contributed by atoms with Crippen molar-refractivity contribution in [2.24, 2.45) is 0 Å². The lowest BCUT2D eigenvalue weighted by atomic mass is 10.2. The Labute approximate surface area is 73.5 Å². The van der Waals surface area contributed by atoms with Crippen molar-refractivity contribution in [2.75, 3.05) is 0 Å². The van der Waals surface area contributed by atoms with Crippen LogP contribution in [-0.4, -0.2) is 22.1 Å². The quantitative estimate of drug-likeness (QED) is 0.690. The summed E-state index contributed by atoms with van der Waals surface area (Å²) in [7, 11) is 0. The molecular weight excluding hydrogens is 176 g/mol. The zero-order valence-corrected chi connectivity index (χ0v) is 6.90. The zero-order valence-electron chi connectivity index (χ0n) is 6.90. The Bertz CT molecular complexity index is 331. The highest BCUT2D eigenvalue weighted by Crippen LogP contribution is 2.05. The van der Waals surface area contributed by atoms with Gasteiger partial charge >= 0.3 is 5.97 Å². The zero-order chi connectivity index (χ0) is 9.84. The second-order valence-electron chi connectivity index (χ2n) is 2.39. The van der Waals surface area contributed by atoms with Crippen molar-refractivity contribution in [3.05, 3.63) is 17.5 Å². The van der Waals surface area contributed by atoms with Gasteiger partial charge in [0.2, 0.25) is 5.91 Å². The largest absolute Gasteiger partial charge is 0.478 e. The summed E-state index contributed by atoms with van der Waals surface area (Å²) in [5.41, 5.74) is 0.177. The molecule has 0 bridgehead atoms. The number of carboxylic acid groups (broad SMARTS) is 1. The highest BCUT2D eigenvalue weighted by atomic mass is 16.5. The van der Waals surface area contributed by atoms with Gasteiger partial charge in [-0.2, -0.15) is 0 Å². The van der Waals surface area contributed by atoms with Gasteiger partial charge in [0.05, 0.1) is 6.54 Å². The SMILES string of the molecule is CC(=O)NCc1nocc1C(=O)O. The lowest BCUT2D eigenvalue weighted by Crippen LogP contribution is -2.20. The van der Waals surface area contributed by atoms with Crippen molar-refractivity contribution in [1.82, 2.24) is 10.5 Å². The minimum atomic E-state index is -1.12. The molecule has 1 rings (SSSR count). The Morgan fingerprint density at radius 1 is 1.69 bits per heavy atom. The maximum absolute atomic E-state index is 10.5. The molecule has 70 valence electrons. The molecule has 0 aliphatic rings. The van der Waals surface area contributed by atoms with Crippen LogP contribution in [0.1, 0.15) is 23.0 Å². The van der Waals surface area contributed by atoms with Gasteiger partial charge in [-0.05, 0) is 0 Å². The van der Waals surface area contributed by atoms with Crippen molar-refractivity contribution in [3.8, 4) is 0 Å². The van der Waals surface area contributed by atoms with Crippen molar-refractivity contribution >= 4 is 11.9 Å². The van der Waals surface area contributed by atoms with E-state index in [0.717, 1.165) is 6.26 Å². The van der Waals surface area contributed by atoms with Crippen LogP contribution in [0.4, 0.5) is 0 Å². The summed E-state index contributed by atoms with van der Waals surface area (Å²) in [5.74, 6) is -1.37. The molecule has 6 nitrogen and oxygen atoms in total. The lowest BCUT2D eigenvalue weighted by molar-refractivity contribution is -0.119. The van der Waals surface area contributed by atoms with E-state index in [1.54, 1.807) is 0 Å². The van der Waals surface area contributed by atoms with E-state index in [0.29, 0.717) is 0 Å². The summed E-state index contributed by atoms with van der Waals surface area (Å²) >= 11 is 0. The first-order chi connectivity index (χ1) is 6.11. The molecule has 0 saturated carbocycles. The fourth-order valence-corrected chi connectivity index (χ4v) is 0.769. The van der Waals surface area contributed by atoms with Crippen LogP contribution in [0, 0.1) is 0 Å². The molecule has 1 aromatic rings. The molecule has 0 aliphatic heterocycles. The summed E-state index contributed by atoms with van der Waals surface area (Å²) in [6, 6.07) is 0. The summed E-state index contributed by atoms with van der Waals surface area (Å²) in [6.45, 7) is 1.40. The number of aromatic nitrogens is 1. The predicted octanol–water partition coefficient (Wildman–Crippen LogP) is 0.00890. The van der Waals surface area contributed by atoms with Crippen LogP contribution >= 0.6 is 0 Å². The topological polar surface area (TPSA) is 92.4 Å². The third kappa shape index (κ3) is 2.29. The molecule has 13 heavy (non-hydrogen) atoms. The Kier molecular flexibility index (Phi) is 2.63. The molecule has 0 fully saturated rings. The number of nitrogens with zero attached hydrogens (tertiary/aromatic N) is 1. The number of carboxylic acids is 1. The van der Waals surface area contributed by atoms with Crippen molar-refractivity contribution in [3.63, 3.8) is 0 Å². The molecule has 2 N–H and O–H groups in total. The number of aromatic carboxylic acids is 1. The van der Waals surface area contributed by atoms with Gasteiger partial charge in [-0.25, -0.2) is 4.79 Å². The normalized spacial score (nSPS) is 9.62. The van der Waals surface area contributed by atoms with Crippen molar-refractivity contribution < 1.29 is 19.2 Å². The third-order valence-corrected chi connectivity index (χ3v) is 1.38. The number of hydrogen-bond donors (Lipinski definition) is 2. The maximum Gasteiger partial charge on any atom is 0.341 e. The van der Waals surface area contributed by atoms with Gasteiger partial charge in [0.15, 0.2) is 0 Å². The number of carbonyl (C=O) groups excluding carboxylic acids is 1. The Morgan fingerprint density at radius 3 is 2.92 bits per heavy atom. The van der Waals surface area contributed by atoms with Gasteiger partial charge in [-0.15, -0.1) is 0 Å². The monoisotopic (exact) mass is 184 g/mol. The predicted molar refractivity (Wildman–Crippen MR) is 41.0 cm³/mol. The van der Waals surface area contributed by atoms with E-state index in [2.05, 4.69) is 15.0 Å². The van der Waals surface area contributed by atoms with Crippen LogP contribution in [0.5, 0.6) is 0 Å². The van der Waals surface area contributed by atoms with Crippen LogP contribution in [0.25, 0.3) is 0 Å². The first kappa shape index (κ1) is 9.24. The third-order valence-electron chi connectivity index (χ3n) is 1.38. The molecule has 1 aromatic heterocycles. The molecular formula is C7H8N2O4. The Hall–Kier alpha value is -1.85. The van der Waals surface area contributed by atoms with Crippen molar-refractivity contribution in [1.29, 1.82) is 0 Å². The first-order valence-corrected chi connectivity index (χ1v) is 3.52. The van der Waals surface area contributed by atoms with Crippen LogP contribution < -0.4 is 5.32 Å². The summed E-state index contributed by atoms with van der Waals surface area (Å²) < 4.78 is 4.46. The Morgan fingerprint density at radius 2 is 2.38 bits per heavy atom. The van der Waals surface area contributed by atoms with E-state index in [1.165, 1.54) is 6.92 Å². The summed E-state index contributed by atoms with van der Waals surface area (Å²) in [5, 5.41) is 14.5. The van der Waals surface area contributed by atoms with Gasteiger partial charge in [0.25, 0.3) is 0 Å². The van der Waals surface area contributed by atoms with Gasteiger partial charge in [0.1, 0.15) is 17.5 Å². The number of amides is 1. The second kappa shape index (κ2) is 3.70. The molecule has 0 unspecified atom stereocenters. The number of hydrogen-bond acceptors (Lipinski definition) is 4. The van der Waals surface area contributed by atoms with E-state index in [1.807, 2.05) is 0 Å². The van der Waals surface area contributed by atoms with E-state index in [-0.39, 0.29) is 23.7 Å². The minimum absolute atomic E-state index is 0.0336. The fourth-order valence-electron chi connectivity index (χ4n) is 0.769. The van der Waals surface area contributed by atoms with Gasteiger partial charge in [-0.3, -0.25) is 4.79 Å². The van der Waals surface area contributed by atoms with Gasteiger partial charge in [0, 0.05) is 6.92 Å². The first-order valence-electron chi connectivity index (χ1n) is 3.52. The minimum Gasteiger partial charge on any atom is -0.478 e. The van der Waals surface area contributed by atoms with E-state index in [9.17, 15) is 9.59 Å². The average molecular weight is 184 g/mol. The van der Waals surface area contributed by atoms with Crippen LogP contribution in [-0.2, 0) is 11.3 Å². The highest BCUT2D eigenvalue weighted by molar-refractivity contribution is 5.88. The standard InChI is InChI=1S/C7H8N2O4/c1-4(10)8-2-6-5(7(11)12)3-13-9-6/h3H,2H2,1H3,(H,8,10)(H,11,12). The van der Waals surface area contributed by atoms with Crippen LogP contribution in [0.2, 0.25) is 0 Å². The Balaban J connectivity index is 2.71. The number of nitrogens with one attached hydrogen (secondary N) is 1. The molecule has 0 saturated heterocycles. The molecule has 0 aromatic carbocycles. The summed E-state index contributed by atoms with van der Waals surface area (Å²) in [4.78, 5) is 21.0. The van der Waals surface area contributed by atoms with Crippen LogP contribution in [0.3, 0.4) is 0 Å². The smallest absolute Gasteiger partial charge is 0.341 e. The molecule has 1 heterocycles. The maximum atomic E-state index is 10.5. The average Bonchev–Trinajstić information content (AvgIpc) is 2.47. The second-order valence-corrected chi connectivity index (χ2v) is 2.39. The number of carbonyl (C=O) groups is 2. The molecule has 0 atom stereocenters. The van der Waals surface area contributed by atoms with Gasteiger partial charge in [-0.1, -0.05) is 5.16 Å². The van der Waals surface area contributed by atoms with E-state index >= 15 is 0 Å². The van der Waals surface area contributed by atoms with Crippen molar-refractivity contribution in [2.45, 2.75) is 13.5 Å².